The number of halogens is 1. The topological polar surface area (TPSA) is 100 Å². The van der Waals surface area contributed by atoms with Crippen molar-refractivity contribution in [1.82, 2.24) is 5.32 Å². The molecule has 27 heavy (non-hydrogen) atoms. The van der Waals surface area contributed by atoms with Crippen molar-refractivity contribution in [2.45, 2.75) is 25.8 Å². The summed E-state index contributed by atoms with van der Waals surface area (Å²) in [4.78, 5) is 11.4. The molecule has 0 atom stereocenters. The van der Waals surface area contributed by atoms with E-state index in [1.54, 1.807) is 36.4 Å². The van der Waals surface area contributed by atoms with Gasteiger partial charge in [0.2, 0.25) is 5.91 Å². The van der Waals surface area contributed by atoms with Crippen LogP contribution in [-0.2, 0) is 6.54 Å². The number of rotatable bonds is 7. The first-order chi connectivity index (χ1) is 13.0. The average Bonchev–Trinajstić information content (AvgIpc) is 2.60. The maximum atomic E-state index is 13.7. The maximum Gasteiger partial charge on any atom is 0.248 e. The Morgan fingerprint density at radius 2 is 2.04 bits per heavy atom. The summed E-state index contributed by atoms with van der Waals surface area (Å²) in [5.74, 6) is 0.124. The highest BCUT2D eigenvalue weighted by molar-refractivity contribution is 5.96. The van der Waals surface area contributed by atoms with Crippen LogP contribution in [0.15, 0.2) is 42.5 Å². The lowest BCUT2D eigenvalue weighted by Gasteiger charge is -2.26. The van der Waals surface area contributed by atoms with Gasteiger partial charge in [-0.2, -0.15) is 0 Å². The molecular weight excluding hydrogens is 347 g/mol. The van der Waals surface area contributed by atoms with Crippen LogP contribution in [0, 0.1) is 17.1 Å². The third kappa shape index (κ3) is 4.97. The summed E-state index contributed by atoms with van der Waals surface area (Å²) in [6.45, 7) is 0.739. The molecule has 0 unspecified atom stereocenters. The molecule has 6 nitrogen and oxygen atoms in total. The Labute approximate surface area is 157 Å². The first-order valence-electron chi connectivity index (χ1n) is 8.92. The van der Waals surface area contributed by atoms with Gasteiger partial charge in [0.05, 0.1) is 12.3 Å². The molecule has 0 saturated heterocycles. The Kier molecular flexibility index (Phi) is 5.90. The summed E-state index contributed by atoms with van der Waals surface area (Å²) in [6, 6.07) is 11.2. The molecule has 0 aliphatic heterocycles. The zero-order valence-electron chi connectivity index (χ0n) is 14.9. The van der Waals surface area contributed by atoms with Crippen LogP contribution >= 0.6 is 0 Å². The van der Waals surface area contributed by atoms with Crippen molar-refractivity contribution < 1.29 is 13.9 Å². The molecule has 142 valence electrons. The lowest BCUT2D eigenvalue weighted by molar-refractivity contribution is 0.0999. The number of amides is 1. The van der Waals surface area contributed by atoms with E-state index in [-0.39, 0.29) is 18.3 Å². The van der Waals surface area contributed by atoms with E-state index < -0.39 is 5.91 Å². The Balaban J connectivity index is 1.65. The third-order valence-corrected chi connectivity index (χ3v) is 4.64. The summed E-state index contributed by atoms with van der Waals surface area (Å²) in [7, 11) is 0. The van der Waals surface area contributed by atoms with E-state index >= 15 is 0 Å². The molecule has 0 aromatic heterocycles. The second-order valence-electron chi connectivity index (χ2n) is 6.63. The first kappa shape index (κ1) is 18.7. The SMILES string of the molecule is N=C(NCc1ccccc1F)Nc1ccc(C(N)=O)cc1OCC1CCC1. The second-order valence-corrected chi connectivity index (χ2v) is 6.63. The minimum absolute atomic E-state index is 0.00132. The summed E-state index contributed by atoms with van der Waals surface area (Å²) in [5.41, 5.74) is 6.70. The molecule has 2 aromatic rings. The van der Waals surface area contributed by atoms with Crippen LogP contribution in [0.2, 0.25) is 0 Å². The van der Waals surface area contributed by atoms with Gasteiger partial charge in [0, 0.05) is 17.7 Å². The molecule has 7 heteroatoms. The van der Waals surface area contributed by atoms with Crippen molar-refractivity contribution in [3.05, 3.63) is 59.4 Å². The van der Waals surface area contributed by atoms with E-state index in [4.69, 9.17) is 15.9 Å². The average molecular weight is 370 g/mol. The molecule has 1 aliphatic carbocycles. The molecule has 5 N–H and O–H groups in total. The van der Waals surface area contributed by atoms with Gasteiger partial charge in [0.25, 0.3) is 0 Å². The largest absolute Gasteiger partial charge is 0.491 e. The van der Waals surface area contributed by atoms with Crippen LogP contribution in [0.3, 0.4) is 0 Å². The zero-order chi connectivity index (χ0) is 19.2. The van der Waals surface area contributed by atoms with Crippen LogP contribution in [0.5, 0.6) is 5.75 Å². The highest BCUT2D eigenvalue weighted by Crippen LogP contribution is 2.30. The molecule has 0 radical (unpaired) electrons. The number of ether oxygens (including phenoxy) is 1. The van der Waals surface area contributed by atoms with Crippen molar-refractivity contribution in [2.24, 2.45) is 11.7 Å². The fourth-order valence-electron chi connectivity index (χ4n) is 2.77. The predicted octanol–water partition coefficient (Wildman–Crippen LogP) is 3.24. The first-order valence-corrected chi connectivity index (χ1v) is 8.92. The highest BCUT2D eigenvalue weighted by Gasteiger charge is 2.19. The van der Waals surface area contributed by atoms with Gasteiger partial charge >= 0.3 is 0 Å². The third-order valence-electron chi connectivity index (χ3n) is 4.64. The van der Waals surface area contributed by atoms with E-state index in [2.05, 4.69) is 10.6 Å². The fraction of sp³-hybridized carbons (Fsp3) is 0.300. The molecule has 0 bridgehead atoms. The van der Waals surface area contributed by atoms with Crippen molar-refractivity contribution in [3.8, 4) is 5.75 Å². The Bertz CT molecular complexity index is 836. The van der Waals surface area contributed by atoms with Crippen LogP contribution in [-0.4, -0.2) is 18.5 Å². The monoisotopic (exact) mass is 370 g/mol. The zero-order valence-corrected chi connectivity index (χ0v) is 14.9. The standard InChI is InChI=1S/C20H23FN4O2/c21-16-7-2-1-6-15(16)11-24-20(23)25-17-9-8-14(19(22)26)10-18(17)27-12-13-4-3-5-13/h1-2,6-10,13H,3-5,11-12H2,(H2,22,26)(H3,23,24,25). The Morgan fingerprint density at radius 1 is 1.26 bits per heavy atom. The maximum absolute atomic E-state index is 13.7. The molecule has 1 amide bonds. The quantitative estimate of drug-likeness (QED) is 0.444. The normalized spacial score (nSPS) is 13.5. The Hall–Kier alpha value is -3.09. The molecule has 0 heterocycles. The number of hydrogen-bond donors (Lipinski definition) is 4. The van der Waals surface area contributed by atoms with Crippen molar-refractivity contribution in [3.63, 3.8) is 0 Å². The summed E-state index contributed by atoms with van der Waals surface area (Å²) < 4.78 is 19.5. The van der Waals surface area contributed by atoms with E-state index in [0.717, 1.165) is 12.8 Å². The fourth-order valence-corrected chi connectivity index (χ4v) is 2.77. The van der Waals surface area contributed by atoms with Gasteiger partial charge in [-0.05, 0) is 43.0 Å². The van der Waals surface area contributed by atoms with Gasteiger partial charge in [-0.15, -0.1) is 0 Å². The molecule has 1 fully saturated rings. The van der Waals surface area contributed by atoms with Gasteiger partial charge in [-0.1, -0.05) is 24.6 Å². The van der Waals surface area contributed by atoms with Crippen LogP contribution in [0.4, 0.5) is 10.1 Å². The Morgan fingerprint density at radius 3 is 2.70 bits per heavy atom. The van der Waals surface area contributed by atoms with Crippen molar-refractivity contribution in [2.75, 3.05) is 11.9 Å². The number of carbonyl (C=O) groups excluding carboxylic acids is 1. The predicted molar refractivity (Wildman–Crippen MR) is 102 cm³/mol. The van der Waals surface area contributed by atoms with Crippen LogP contribution in [0.1, 0.15) is 35.2 Å². The number of nitrogens with one attached hydrogen (secondary N) is 3. The van der Waals surface area contributed by atoms with Gasteiger partial charge in [0.1, 0.15) is 11.6 Å². The molecule has 0 spiro atoms. The number of benzene rings is 2. The van der Waals surface area contributed by atoms with Crippen LogP contribution in [0.25, 0.3) is 0 Å². The number of anilines is 1. The van der Waals surface area contributed by atoms with E-state index in [1.165, 1.54) is 12.5 Å². The number of guanidine groups is 1. The molecular formula is C20H23FN4O2. The van der Waals surface area contributed by atoms with Gasteiger partial charge in [-0.3, -0.25) is 10.2 Å². The minimum Gasteiger partial charge on any atom is -0.491 e. The summed E-state index contributed by atoms with van der Waals surface area (Å²) in [5, 5.41) is 13.8. The van der Waals surface area contributed by atoms with Crippen LogP contribution < -0.4 is 21.1 Å². The molecule has 3 rings (SSSR count). The van der Waals surface area contributed by atoms with E-state index in [9.17, 15) is 9.18 Å². The molecule has 1 saturated carbocycles. The number of hydrogen-bond acceptors (Lipinski definition) is 3. The van der Waals surface area contributed by atoms with Crippen molar-refractivity contribution >= 4 is 17.6 Å². The number of carbonyl (C=O) groups is 1. The lowest BCUT2D eigenvalue weighted by Crippen LogP contribution is -2.29. The molecule has 2 aromatic carbocycles. The number of nitrogens with two attached hydrogens (primary N) is 1. The van der Waals surface area contributed by atoms with Gasteiger partial charge < -0.3 is 21.1 Å². The summed E-state index contributed by atoms with van der Waals surface area (Å²) >= 11 is 0. The molecule has 1 aliphatic rings. The van der Waals surface area contributed by atoms with E-state index in [0.29, 0.717) is 35.1 Å². The van der Waals surface area contributed by atoms with Crippen molar-refractivity contribution in [1.29, 1.82) is 5.41 Å². The summed E-state index contributed by atoms with van der Waals surface area (Å²) in [6.07, 6.45) is 3.49. The van der Waals surface area contributed by atoms with E-state index in [1.807, 2.05) is 0 Å². The second kappa shape index (κ2) is 8.53. The smallest absolute Gasteiger partial charge is 0.248 e. The van der Waals surface area contributed by atoms with Gasteiger partial charge in [-0.25, -0.2) is 4.39 Å². The highest BCUT2D eigenvalue weighted by atomic mass is 19.1. The lowest BCUT2D eigenvalue weighted by atomic mass is 9.86. The number of primary amides is 1. The minimum atomic E-state index is -0.539. The van der Waals surface area contributed by atoms with Gasteiger partial charge in [0.15, 0.2) is 5.96 Å².